The maximum atomic E-state index is 2.34. The lowest BCUT2D eigenvalue weighted by Gasteiger charge is -2.40. The van der Waals surface area contributed by atoms with Gasteiger partial charge in [0.25, 0.3) is 0 Å². The van der Waals surface area contributed by atoms with E-state index >= 15 is 0 Å². The molecule has 3 fully saturated rings. The molecule has 0 bridgehead atoms. The van der Waals surface area contributed by atoms with Gasteiger partial charge >= 0.3 is 0 Å². The SMILES string of the molecule is CC[NH+]1CC[NH+](C2CC[NH+](C3CC[NH+](Cc4ccccc4)CC3)CC2)CC1. The Bertz CT molecular complexity index is 539. The van der Waals surface area contributed by atoms with E-state index in [1.54, 1.807) is 4.90 Å². The molecule has 27 heavy (non-hydrogen) atoms. The van der Waals surface area contributed by atoms with Gasteiger partial charge < -0.3 is 19.6 Å². The maximum Gasteiger partial charge on any atom is 0.127 e. The molecule has 0 radical (unpaired) electrons. The molecule has 1 aromatic carbocycles. The second-order valence-corrected chi connectivity index (χ2v) is 9.38. The van der Waals surface area contributed by atoms with Gasteiger partial charge in [-0.05, 0) is 6.92 Å². The number of likely N-dealkylation sites (tertiary alicyclic amines) is 2. The molecular weight excluding hydrogens is 332 g/mol. The summed E-state index contributed by atoms with van der Waals surface area (Å²) in [6.45, 7) is 16.2. The number of piperazine rings is 1. The van der Waals surface area contributed by atoms with E-state index in [4.69, 9.17) is 0 Å². The zero-order valence-corrected chi connectivity index (χ0v) is 17.4. The largest absolute Gasteiger partial charge is 0.332 e. The van der Waals surface area contributed by atoms with Crippen LogP contribution in [0.1, 0.15) is 38.2 Å². The van der Waals surface area contributed by atoms with Crippen molar-refractivity contribution in [3.05, 3.63) is 35.9 Å². The van der Waals surface area contributed by atoms with E-state index in [0.717, 1.165) is 12.1 Å². The van der Waals surface area contributed by atoms with Crippen LogP contribution in [0.4, 0.5) is 0 Å². The minimum Gasteiger partial charge on any atom is -0.332 e. The van der Waals surface area contributed by atoms with Gasteiger partial charge in [0, 0.05) is 31.2 Å². The standard InChI is InChI=1S/C23H38N4/c1-2-24-16-18-27(19-17-24)23-10-14-26(15-11-23)22-8-12-25(13-9-22)20-21-6-4-3-5-7-21/h3-7,22-23H,2,8-20H2,1H3/p+4. The minimum absolute atomic E-state index is 0.946. The predicted molar refractivity (Wildman–Crippen MR) is 110 cm³/mol. The van der Waals surface area contributed by atoms with Crippen molar-refractivity contribution in [2.24, 2.45) is 0 Å². The second kappa shape index (κ2) is 9.51. The highest BCUT2D eigenvalue weighted by atomic mass is 15.3. The lowest BCUT2D eigenvalue weighted by Crippen LogP contribution is -3.30. The Hall–Kier alpha value is -0.940. The first-order chi connectivity index (χ1) is 13.3. The van der Waals surface area contributed by atoms with Gasteiger partial charge in [0.2, 0.25) is 0 Å². The molecule has 3 saturated heterocycles. The Labute approximate surface area is 166 Å². The van der Waals surface area contributed by atoms with Gasteiger partial charge in [-0.2, -0.15) is 0 Å². The van der Waals surface area contributed by atoms with Crippen LogP contribution in [0.5, 0.6) is 0 Å². The highest BCUT2D eigenvalue weighted by Crippen LogP contribution is 2.03. The topological polar surface area (TPSA) is 17.8 Å². The molecule has 3 heterocycles. The van der Waals surface area contributed by atoms with Crippen molar-refractivity contribution in [3.63, 3.8) is 0 Å². The zero-order valence-electron chi connectivity index (χ0n) is 17.4. The van der Waals surface area contributed by atoms with Crippen molar-refractivity contribution in [2.75, 3.05) is 58.9 Å². The van der Waals surface area contributed by atoms with E-state index < -0.39 is 0 Å². The average Bonchev–Trinajstić information content (AvgIpc) is 2.75. The molecule has 150 valence electrons. The van der Waals surface area contributed by atoms with Crippen LogP contribution < -0.4 is 19.6 Å². The minimum atomic E-state index is 0.946. The monoisotopic (exact) mass is 374 g/mol. The molecule has 4 nitrogen and oxygen atoms in total. The van der Waals surface area contributed by atoms with E-state index in [0.29, 0.717) is 0 Å². The summed E-state index contributed by atoms with van der Waals surface area (Å²) in [7, 11) is 0. The molecule has 0 aliphatic carbocycles. The Morgan fingerprint density at radius 3 is 1.81 bits per heavy atom. The summed E-state index contributed by atoms with van der Waals surface area (Å²) in [6.07, 6.45) is 5.83. The number of hydrogen-bond donors (Lipinski definition) is 4. The Balaban J connectivity index is 1.17. The van der Waals surface area contributed by atoms with Gasteiger partial charge in [0.1, 0.15) is 32.7 Å². The van der Waals surface area contributed by atoms with E-state index in [1.807, 2.05) is 14.7 Å². The molecule has 1 aromatic rings. The molecule has 0 unspecified atom stereocenters. The molecular formula is C23H42N4+4. The summed E-state index contributed by atoms with van der Waals surface area (Å²) in [5, 5.41) is 0. The number of rotatable bonds is 5. The number of benzene rings is 1. The van der Waals surface area contributed by atoms with Crippen molar-refractivity contribution < 1.29 is 19.6 Å². The molecule has 4 N–H and O–H groups in total. The first kappa shape index (κ1) is 19.4. The second-order valence-electron chi connectivity index (χ2n) is 9.38. The smallest absolute Gasteiger partial charge is 0.127 e. The molecule has 4 rings (SSSR count). The van der Waals surface area contributed by atoms with Crippen LogP contribution in [0.2, 0.25) is 0 Å². The Morgan fingerprint density at radius 2 is 1.22 bits per heavy atom. The highest BCUT2D eigenvalue weighted by molar-refractivity contribution is 5.13. The third-order valence-corrected chi connectivity index (χ3v) is 7.87. The van der Waals surface area contributed by atoms with Crippen LogP contribution in [-0.2, 0) is 6.54 Å². The molecule has 0 aromatic heterocycles. The van der Waals surface area contributed by atoms with Gasteiger partial charge in [-0.3, -0.25) is 0 Å². The van der Waals surface area contributed by atoms with E-state index in [1.165, 1.54) is 96.7 Å². The Morgan fingerprint density at radius 1 is 0.667 bits per heavy atom. The van der Waals surface area contributed by atoms with E-state index in [2.05, 4.69) is 37.3 Å². The normalized spacial score (nSPS) is 37.8. The molecule has 3 aliphatic heterocycles. The quantitative estimate of drug-likeness (QED) is 0.423. The first-order valence-electron chi connectivity index (χ1n) is 11.7. The summed E-state index contributed by atoms with van der Waals surface area (Å²) in [6, 6.07) is 13.0. The molecule has 3 aliphatic rings. The summed E-state index contributed by atoms with van der Waals surface area (Å²) in [5.41, 5.74) is 1.51. The van der Waals surface area contributed by atoms with Crippen molar-refractivity contribution in [2.45, 2.75) is 51.2 Å². The number of hydrogen-bond acceptors (Lipinski definition) is 0. The van der Waals surface area contributed by atoms with E-state index in [-0.39, 0.29) is 0 Å². The number of likely N-dealkylation sites (N-methyl/N-ethyl adjacent to an activating group) is 1. The predicted octanol–water partition coefficient (Wildman–Crippen LogP) is -2.92. The van der Waals surface area contributed by atoms with Gasteiger partial charge in [-0.15, -0.1) is 0 Å². The van der Waals surface area contributed by atoms with Crippen molar-refractivity contribution in [1.82, 2.24) is 0 Å². The van der Waals surface area contributed by atoms with Gasteiger partial charge in [-0.1, -0.05) is 30.3 Å². The van der Waals surface area contributed by atoms with Gasteiger partial charge in [0.05, 0.1) is 44.8 Å². The lowest BCUT2D eigenvalue weighted by atomic mass is 9.96. The van der Waals surface area contributed by atoms with Crippen molar-refractivity contribution in [1.29, 1.82) is 0 Å². The van der Waals surface area contributed by atoms with Crippen molar-refractivity contribution >= 4 is 0 Å². The molecule has 0 saturated carbocycles. The number of quaternary nitrogens is 4. The molecule has 4 heteroatoms. The van der Waals surface area contributed by atoms with Crippen LogP contribution in [0.25, 0.3) is 0 Å². The van der Waals surface area contributed by atoms with Crippen LogP contribution in [0, 0.1) is 0 Å². The fraction of sp³-hybridized carbons (Fsp3) is 0.739. The number of piperidine rings is 2. The summed E-state index contributed by atoms with van der Waals surface area (Å²) < 4.78 is 0. The van der Waals surface area contributed by atoms with Crippen LogP contribution in [0.3, 0.4) is 0 Å². The number of nitrogens with one attached hydrogen (secondary N) is 4. The van der Waals surface area contributed by atoms with Crippen LogP contribution in [0.15, 0.2) is 30.3 Å². The molecule has 0 spiro atoms. The summed E-state index contributed by atoms with van der Waals surface area (Å²) in [5.74, 6) is 0. The maximum absolute atomic E-state index is 2.34. The fourth-order valence-electron chi connectivity index (χ4n) is 5.99. The zero-order chi connectivity index (χ0) is 18.5. The lowest BCUT2D eigenvalue weighted by molar-refractivity contribution is -1.03. The molecule has 0 atom stereocenters. The highest BCUT2D eigenvalue weighted by Gasteiger charge is 2.37. The third-order valence-electron chi connectivity index (χ3n) is 7.87. The summed E-state index contributed by atoms with van der Waals surface area (Å²) >= 11 is 0. The van der Waals surface area contributed by atoms with E-state index in [9.17, 15) is 0 Å². The van der Waals surface area contributed by atoms with Crippen molar-refractivity contribution in [3.8, 4) is 0 Å². The summed E-state index contributed by atoms with van der Waals surface area (Å²) in [4.78, 5) is 7.51. The van der Waals surface area contributed by atoms with Gasteiger partial charge in [0.15, 0.2) is 0 Å². The Kier molecular flexibility index (Phi) is 6.82. The van der Waals surface area contributed by atoms with Crippen LogP contribution in [-0.4, -0.2) is 71.0 Å². The first-order valence-corrected chi connectivity index (χ1v) is 11.7. The third kappa shape index (κ3) is 5.11. The fourth-order valence-corrected chi connectivity index (χ4v) is 5.99. The molecule has 0 amide bonds. The van der Waals surface area contributed by atoms with Crippen LogP contribution >= 0.6 is 0 Å². The van der Waals surface area contributed by atoms with Gasteiger partial charge in [-0.25, -0.2) is 0 Å². The average molecular weight is 375 g/mol.